The molecule has 1 aliphatic heterocycles. The molecular weight excluding hydrogens is 446 g/mol. The van der Waals surface area contributed by atoms with Crippen LogP contribution >= 0.6 is 15.9 Å². The zero-order chi connectivity index (χ0) is 20.1. The standard InChI is InChI=1S/C15H11BrF6N4O/c16-9-4-7(3-8(5-9)14(17,18)19)6-25-1-2-26-13(25)10(12(23)27)11(24-26)15(20,21)22/h3-5H,1-2,6H2,(H2,23,27). The van der Waals surface area contributed by atoms with Crippen LogP contribution in [0.5, 0.6) is 0 Å². The number of carbonyl (C=O) groups is 1. The van der Waals surface area contributed by atoms with E-state index in [4.69, 9.17) is 5.73 Å². The monoisotopic (exact) mass is 456 g/mol. The van der Waals surface area contributed by atoms with Crippen molar-refractivity contribution in [2.45, 2.75) is 25.4 Å². The van der Waals surface area contributed by atoms with Gasteiger partial charge in [0.25, 0.3) is 5.91 Å². The van der Waals surface area contributed by atoms with Crippen LogP contribution in [0.15, 0.2) is 22.7 Å². The lowest BCUT2D eigenvalue weighted by atomic mass is 10.1. The van der Waals surface area contributed by atoms with Crippen LogP contribution in [0.3, 0.4) is 0 Å². The number of alkyl halides is 6. The van der Waals surface area contributed by atoms with E-state index in [0.29, 0.717) is 0 Å². The molecule has 2 aromatic rings. The second kappa shape index (κ2) is 6.43. The second-order valence-corrected chi connectivity index (χ2v) is 6.82. The molecule has 12 heteroatoms. The first-order valence-electron chi connectivity index (χ1n) is 7.47. The first-order valence-corrected chi connectivity index (χ1v) is 8.26. The van der Waals surface area contributed by atoms with Crippen molar-refractivity contribution >= 4 is 27.7 Å². The maximum Gasteiger partial charge on any atom is 0.436 e. The van der Waals surface area contributed by atoms with Gasteiger partial charge in [0.1, 0.15) is 11.4 Å². The van der Waals surface area contributed by atoms with Crippen molar-refractivity contribution in [1.29, 1.82) is 0 Å². The lowest BCUT2D eigenvalue weighted by Gasteiger charge is -2.20. The summed E-state index contributed by atoms with van der Waals surface area (Å²) in [6.07, 6.45) is -9.46. The number of carbonyl (C=O) groups excluding carboxylic acids is 1. The number of primary amides is 1. The van der Waals surface area contributed by atoms with Gasteiger partial charge in [0.2, 0.25) is 0 Å². The van der Waals surface area contributed by atoms with E-state index in [2.05, 4.69) is 21.0 Å². The van der Waals surface area contributed by atoms with Gasteiger partial charge in [-0.2, -0.15) is 31.4 Å². The Balaban J connectivity index is 2.01. The number of anilines is 1. The van der Waals surface area contributed by atoms with Crippen LogP contribution in [0.1, 0.15) is 27.2 Å². The number of benzene rings is 1. The Bertz CT molecular complexity index is 905. The summed E-state index contributed by atoms with van der Waals surface area (Å²) in [6, 6.07) is 3.22. The van der Waals surface area contributed by atoms with E-state index in [0.717, 1.165) is 16.8 Å². The topological polar surface area (TPSA) is 64.2 Å². The van der Waals surface area contributed by atoms with Crippen molar-refractivity contribution in [2.24, 2.45) is 5.73 Å². The summed E-state index contributed by atoms with van der Waals surface area (Å²) in [7, 11) is 0. The first-order chi connectivity index (χ1) is 12.4. The Morgan fingerprint density at radius 3 is 2.33 bits per heavy atom. The predicted molar refractivity (Wildman–Crippen MR) is 85.9 cm³/mol. The van der Waals surface area contributed by atoms with Gasteiger partial charge in [-0.05, 0) is 23.8 Å². The molecule has 27 heavy (non-hydrogen) atoms. The van der Waals surface area contributed by atoms with E-state index in [-0.39, 0.29) is 35.5 Å². The smallest absolute Gasteiger partial charge is 0.365 e. The second-order valence-electron chi connectivity index (χ2n) is 5.90. The van der Waals surface area contributed by atoms with Gasteiger partial charge in [0.15, 0.2) is 5.69 Å². The van der Waals surface area contributed by atoms with Crippen molar-refractivity contribution < 1.29 is 31.1 Å². The number of nitrogens with zero attached hydrogens (tertiary/aromatic N) is 3. The zero-order valence-electron chi connectivity index (χ0n) is 13.3. The molecule has 2 heterocycles. The summed E-state index contributed by atoms with van der Waals surface area (Å²) < 4.78 is 79.4. The minimum absolute atomic E-state index is 0.0474. The van der Waals surface area contributed by atoms with Gasteiger partial charge in [-0.3, -0.25) is 4.79 Å². The molecule has 0 unspecified atom stereocenters. The quantitative estimate of drug-likeness (QED) is 0.714. The highest BCUT2D eigenvalue weighted by molar-refractivity contribution is 9.10. The molecule has 1 amide bonds. The minimum Gasteiger partial charge on any atom is -0.365 e. The Kier molecular flexibility index (Phi) is 4.65. The average molecular weight is 457 g/mol. The molecule has 0 atom stereocenters. The highest BCUT2D eigenvalue weighted by atomic mass is 79.9. The molecule has 1 aliphatic rings. The zero-order valence-corrected chi connectivity index (χ0v) is 14.9. The van der Waals surface area contributed by atoms with Crippen molar-refractivity contribution in [3.8, 4) is 0 Å². The van der Waals surface area contributed by atoms with Crippen molar-refractivity contribution in [3.63, 3.8) is 0 Å². The van der Waals surface area contributed by atoms with E-state index in [9.17, 15) is 31.1 Å². The number of fused-ring (bicyclic) bond motifs is 1. The number of amides is 1. The summed E-state index contributed by atoms with van der Waals surface area (Å²) in [5.41, 5.74) is 2.23. The highest BCUT2D eigenvalue weighted by Crippen LogP contribution is 2.39. The van der Waals surface area contributed by atoms with E-state index >= 15 is 0 Å². The fourth-order valence-corrected chi connectivity index (χ4v) is 3.50. The molecule has 0 radical (unpaired) electrons. The third-order valence-corrected chi connectivity index (χ3v) is 4.44. The van der Waals surface area contributed by atoms with Crippen molar-refractivity contribution in [3.05, 3.63) is 45.1 Å². The van der Waals surface area contributed by atoms with E-state index in [1.54, 1.807) is 0 Å². The number of aromatic nitrogens is 2. The Morgan fingerprint density at radius 1 is 1.11 bits per heavy atom. The Morgan fingerprint density at radius 2 is 1.78 bits per heavy atom. The molecule has 146 valence electrons. The molecule has 2 N–H and O–H groups in total. The number of hydrogen-bond acceptors (Lipinski definition) is 3. The number of hydrogen-bond donors (Lipinski definition) is 1. The van der Waals surface area contributed by atoms with Crippen LogP contribution in [-0.2, 0) is 25.4 Å². The van der Waals surface area contributed by atoms with E-state index in [1.165, 1.54) is 11.0 Å². The molecular formula is C15H11BrF6N4O. The third-order valence-electron chi connectivity index (χ3n) is 3.98. The largest absolute Gasteiger partial charge is 0.436 e. The fraction of sp³-hybridized carbons (Fsp3) is 0.333. The van der Waals surface area contributed by atoms with Crippen LogP contribution in [0.4, 0.5) is 32.2 Å². The summed E-state index contributed by atoms with van der Waals surface area (Å²) in [5, 5.41) is 3.41. The first kappa shape index (κ1) is 19.5. The summed E-state index contributed by atoms with van der Waals surface area (Å²) in [4.78, 5) is 13.0. The number of nitrogens with two attached hydrogens (primary N) is 1. The molecule has 5 nitrogen and oxygen atoms in total. The third kappa shape index (κ3) is 3.75. The molecule has 0 bridgehead atoms. The van der Waals surface area contributed by atoms with Crippen molar-refractivity contribution in [2.75, 3.05) is 11.4 Å². The fourth-order valence-electron chi connectivity index (χ4n) is 2.96. The van der Waals surface area contributed by atoms with Gasteiger partial charge in [-0.15, -0.1) is 0 Å². The lowest BCUT2D eigenvalue weighted by Crippen LogP contribution is -2.25. The molecule has 1 aromatic carbocycles. The highest BCUT2D eigenvalue weighted by Gasteiger charge is 2.43. The summed E-state index contributed by atoms with van der Waals surface area (Å²) in [6.45, 7) is 0.0756. The molecule has 0 spiro atoms. The molecule has 0 saturated carbocycles. The van der Waals surface area contributed by atoms with E-state index < -0.39 is 35.1 Å². The maximum atomic E-state index is 13.1. The van der Waals surface area contributed by atoms with E-state index in [1.807, 2.05) is 0 Å². The summed E-state index contributed by atoms with van der Waals surface area (Å²) in [5.74, 6) is -1.45. The van der Waals surface area contributed by atoms with Crippen LogP contribution in [-0.4, -0.2) is 22.2 Å². The molecule has 0 aliphatic carbocycles. The van der Waals surface area contributed by atoms with Crippen LogP contribution in [0.25, 0.3) is 0 Å². The van der Waals surface area contributed by atoms with Crippen molar-refractivity contribution in [1.82, 2.24) is 9.78 Å². The summed E-state index contributed by atoms with van der Waals surface area (Å²) >= 11 is 3.00. The van der Waals surface area contributed by atoms with Gasteiger partial charge in [0.05, 0.1) is 12.1 Å². The average Bonchev–Trinajstić information content (AvgIpc) is 3.05. The van der Waals surface area contributed by atoms with Gasteiger partial charge >= 0.3 is 12.4 Å². The van der Waals surface area contributed by atoms with Gasteiger partial charge in [-0.1, -0.05) is 15.9 Å². The van der Waals surface area contributed by atoms with Crippen LogP contribution < -0.4 is 10.6 Å². The van der Waals surface area contributed by atoms with Crippen LogP contribution in [0.2, 0.25) is 0 Å². The number of rotatable bonds is 3. The lowest BCUT2D eigenvalue weighted by molar-refractivity contribution is -0.142. The predicted octanol–water partition coefficient (Wildman–Crippen LogP) is 3.80. The SMILES string of the molecule is NC(=O)c1c(C(F)(F)F)nn2c1N(Cc1cc(Br)cc(C(F)(F)F)c1)CC2. The molecule has 0 fully saturated rings. The van der Waals surface area contributed by atoms with Crippen LogP contribution in [0, 0.1) is 0 Å². The van der Waals surface area contributed by atoms with Gasteiger partial charge < -0.3 is 10.6 Å². The number of halogens is 7. The van der Waals surface area contributed by atoms with Gasteiger partial charge in [-0.25, -0.2) is 4.68 Å². The Hall–Kier alpha value is -2.24. The molecule has 1 aromatic heterocycles. The molecule has 3 rings (SSSR count). The minimum atomic E-state index is -4.88. The Labute approximate surface area is 156 Å². The molecule has 0 saturated heterocycles. The maximum absolute atomic E-state index is 13.1. The normalized spacial score (nSPS) is 14.6. The van der Waals surface area contributed by atoms with Gasteiger partial charge in [0, 0.05) is 17.6 Å².